The number of esters is 1. The normalized spacial score (nSPS) is 15.9. The molecule has 1 heterocycles. The Hall–Kier alpha value is -2.20. The summed E-state index contributed by atoms with van der Waals surface area (Å²) in [7, 11) is 0. The number of hydrogen-bond acceptors (Lipinski definition) is 3. The highest BCUT2D eigenvalue weighted by atomic mass is 79.9. The van der Waals surface area contributed by atoms with Crippen molar-refractivity contribution in [3.05, 3.63) is 74.9 Å². The quantitative estimate of drug-likeness (QED) is 0.591. The van der Waals surface area contributed by atoms with E-state index in [1.54, 1.807) is 6.08 Å². The first-order valence-electron chi connectivity index (χ1n) is 6.89. The van der Waals surface area contributed by atoms with Crippen molar-refractivity contribution in [1.82, 2.24) is 0 Å². The maximum absolute atomic E-state index is 12.0. The molecular formula is C18H14BrNO2. The summed E-state index contributed by atoms with van der Waals surface area (Å²) < 4.78 is 6.22. The van der Waals surface area contributed by atoms with Crippen LogP contribution in [0.2, 0.25) is 0 Å². The summed E-state index contributed by atoms with van der Waals surface area (Å²) in [6.07, 6.45) is 1.72. The highest BCUT2D eigenvalue weighted by Gasteiger charge is 2.24. The standard InChI is InChI=1S/C18H14BrNO2/c1-11-7-12(2)9-14(8-11)17-20-16(18(21)22-17)10-13-5-3-4-6-15(13)19/h3-10H,1-2H3/b16-10+. The van der Waals surface area contributed by atoms with Crippen LogP contribution in [0.1, 0.15) is 22.3 Å². The first-order valence-corrected chi connectivity index (χ1v) is 7.68. The first kappa shape index (κ1) is 14.7. The van der Waals surface area contributed by atoms with Crippen molar-refractivity contribution < 1.29 is 9.53 Å². The predicted octanol–water partition coefficient (Wildman–Crippen LogP) is 4.41. The van der Waals surface area contributed by atoms with Crippen molar-refractivity contribution in [2.24, 2.45) is 4.99 Å². The van der Waals surface area contributed by atoms with Crippen molar-refractivity contribution in [3.63, 3.8) is 0 Å². The van der Waals surface area contributed by atoms with Gasteiger partial charge < -0.3 is 4.74 Å². The fourth-order valence-electron chi connectivity index (χ4n) is 2.37. The van der Waals surface area contributed by atoms with Crippen molar-refractivity contribution >= 4 is 33.9 Å². The Morgan fingerprint density at radius 3 is 2.45 bits per heavy atom. The van der Waals surface area contributed by atoms with Gasteiger partial charge in [0.1, 0.15) is 0 Å². The molecule has 110 valence electrons. The van der Waals surface area contributed by atoms with E-state index in [4.69, 9.17) is 4.74 Å². The van der Waals surface area contributed by atoms with Crippen molar-refractivity contribution in [2.75, 3.05) is 0 Å². The molecule has 1 aliphatic heterocycles. The third-order valence-corrected chi connectivity index (χ3v) is 4.01. The summed E-state index contributed by atoms with van der Waals surface area (Å²) in [5, 5.41) is 0. The number of aliphatic imine (C=N–C) groups is 1. The summed E-state index contributed by atoms with van der Waals surface area (Å²) in [6, 6.07) is 13.6. The van der Waals surface area contributed by atoms with Crippen LogP contribution in [0, 0.1) is 13.8 Å². The van der Waals surface area contributed by atoms with E-state index >= 15 is 0 Å². The Morgan fingerprint density at radius 2 is 1.77 bits per heavy atom. The first-order chi connectivity index (χ1) is 10.5. The minimum atomic E-state index is -0.426. The van der Waals surface area contributed by atoms with Gasteiger partial charge >= 0.3 is 5.97 Å². The van der Waals surface area contributed by atoms with Gasteiger partial charge in [-0.25, -0.2) is 9.79 Å². The lowest BCUT2D eigenvalue weighted by molar-refractivity contribution is -0.129. The number of aryl methyl sites for hydroxylation is 2. The number of carbonyl (C=O) groups is 1. The smallest absolute Gasteiger partial charge is 0.363 e. The largest absolute Gasteiger partial charge is 0.402 e. The predicted molar refractivity (Wildman–Crippen MR) is 90.7 cm³/mol. The molecule has 2 aromatic carbocycles. The lowest BCUT2D eigenvalue weighted by Crippen LogP contribution is -2.05. The Kier molecular flexibility index (Phi) is 3.94. The fraction of sp³-hybridized carbons (Fsp3) is 0.111. The lowest BCUT2D eigenvalue weighted by Gasteiger charge is -2.03. The highest BCUT2D eigenvalue weighted by molar-refractivity contribution is 9.10. The van der Waals surface area contributed by atoms with Gasteiger partial charge in [-0.3, -0.25) is 0 Å². The van der Waals surface area contributed by atoms with Gasteiger partial charge in [-0.05, 0) is 43.7 Å². The molecule has 0 unspecified atom stereocenters. The molecule has 1 aliphatic rings. The van der Waals surface area contributed by atoms with Gasteiger partial charge in [0, 0.05) is 10.0 Å². The van der Waals surface area contributed by atoms with Crippen molar-refractivity contribution in [1.29, 1.82) is 0 Å². The zero-order chi connectivity index (χ0) is 15.7. The Labute approximate surface area is 137 Å². The second kappa shape index (κ2) is 5.89. The molecule has 4 heteroatoms. The molecule has 0 bridgehead atoms. The van der Waals surface area contributed by atoms with Crippen LogP contribution in [-0.2, 0) is 9.53 Å². The fourth-order valence-corrected chi connectivity index (χ4v) is 2.77. The van der Waals surface area contributed by atoms with Crippen molar-refractivity contribution in [2.45, 2.75) is 13.8 Å². The molecule has 0 amide bonds. The number of nitrogens with zero attached hydrogens (tertiary/aromatic N) is 1. The summed E-state index contributed by atoms with van der Waals surface area (Å²) >= 11 is 3.46. The minimum absolute atomic E-state index is 0.307. The molecule has 3 rings (SSSR count). The number of carbonyl (C=O) groups excluding carboxylic acids is 1. The zero-order valence-corrected chi connectivity index (χ0v) is 13.8. The molecule has 0 atom stereocenters. The maximum atomic E-state index is 12.0. The maximum Gasteiger partial charge on any atom is 0.363 e. The van der Waals surface area contributed by atoms with Crippen LogP contribution in [0.4, 0.5) is 0 Å². The number of halogens is 1. The third-order valence-electron chi connectivity index (χ3n) is 3.29. The van der Waals surface area contributed by atoms with E-state index < -0.39 is 5.97 Å². The molecule has 2 aromatic rings. The van der Waals surface area contributed by atoms with Gasteiger partial charge in [0.2, 0.25) is 5.90 Å². The van der Waals surface area contributed by atoms with Gasteiger partial charge in [0.05, 0.1) is 0 Å². The van der Waals surface area contributed by atoms with Crippen molar-refractivity contribution in [3.8, 4) is 0 Å². The molecule has 3 nitrogen and oxygen atoms in total. The summed E-state index contributed by atoms with van der Waals surface area (Å²) in [5.41, 5.74) is 4.23. The second-order valence-corrected chi connectivity index (χ2v) is 6.09. The average molecular weight is 356 g/mol. The van der Waals surface area contributed by atoms with Gasteiger partial charge in [-0.2, -0.15) is 0 Å². The number of benzene rings is 2. The van der Waals surface area contributed by atoms with E-state index in [9.17, 15) is 4.79 Å². The van der Waals surface area contributed by atoms with Crippen LogP contribution in [0.3, 0.4) is 0 Å². The molecule has 0 aliphatic carbocycles. The molecule has 0 radical (unpaired) electrons. The lowest BCUT2D eigenvalue weighted by atomic mass is 10.1. The molecular weight excluding hydrogens is 342 g/mol. The van der Waals surface area contributed by atoms with Gasteiger partial charge in [0.15, 0.2) is 5.70 Å². The second-order valence-electron chi connectivity index (χ2n) is 5.23. The minimum Gasteiger partial charge on any atom is -0.402 e. The number of rotatable bonds is 2. The van der Waals surface area contributed by atoms with E-state index in [1.807, 2.05) is 50.2 Å². The molecule has 0 fully saturated rings. The molecule has 0 saturated carbocycles. The van der Waals surface area contributed by atoms with E-state index in [0.29, 0.717) is 11.6 Å². The van der Waals surface area contributed by atoms with E-state index in [-0.39, 0.29) is 0 Å². The Morgan fingerprint density at radius 1 is 1.09 bits per heavy atom. The van der Waals surface area contributed by atoms with Crippen LogP contribution in [0.15, 0.2) is 57.6 Å². The summed E-state index contributed by atoms with van der Waals surface area (Å²) in [5.74, 6) is -0.0694. The van der Waals surface area contributed by atoms with Gasteiger partial charge in [-0.15, -0.1) is 0 Å². The van der Waals surface area contributed by atoms with Crippen LogP contribution < -0.4 is 0 Å². The van der Waals surface area contributed by atoms with E-state index in [1.165, 1.54) is 0 Å². The van der Waals surface area contributed by atoms with Gasteiger partial charge in [0.25, 0.3) is 0 Å². The van der Waals surface area contributed by atoms with E-state index in [2.05, 4.69) is 27.0 Å². The Balaban J connectivity index is 2.00. The third kappa shape index (κ3) is 3.02. The molecule has 0 saturated heterocycles. The molecule has 0 aromatic heterocycles. The van der Waals surface area contributed by atoms with Gasteiger partial charge in [-0.1, -0.05) is 51.3 Å². The van der Waals surface area contributed by atoms with Crippen LogP contribution >= 0.6 is 15.9 Å². The molecule has 0 N–H and O–H groups in total. The van der Waals surface area contributed by atoms with Crippen LogP contribution in [0.25, 0.3) is 6.08 Å². The SMILES string of the molecule is Cc1cc(C)cc(C2=N/C(=C/c3ccccc3Br)C(=O)O2)c1. The van der Waals surface area contributed by atoms with Crippen LogP contribution in [-0.4, -0.2) is 11.9 Å². The van der Waals surface area contributed by atoms with Crippen LogP contribution in [0.5, 0.6) is 0 Å². The molecule has 0 spiro atoms. The number of ether oxygens (including phenoxy) is 1. The number of hydrogen-bond donors (Lipinski definition) is 0. The van der Waals surface area contributed by atoms with E-state index in [0.717, 1.165) is 26.7 Å². The Bertz CT molecular complexity index is 801. The number of cyclic esters (lactones) is 1. The summed E-state index contributed by atoms with van der Waals surface area (Å²) in [4.78, 5) is 16.4. The highest BCUT2D eigenvalue weighted by Crippen LogP contribution is 2.24. The molecule has 22 heavy (non-hydrogen) atoms. The summed E-state index contributed by atoms with van der Waals surface area (Å²) in [6.45, 7) is 4.01. The zero-order valence-electron chi connectivity index (χ0n) is 12.3. The topological polar surface area (TPSA) is 38.7 Å². The average Bonchev–Trinajstić information content (AvgIpc) is 2.82. The monoisotopic (exact) mass is 355 g/mol.